The van der Waals surface area contributed by atoms with Gasteiger partial charge in [0.15, 0.2) is 5.58 Å². The van der Waals surface area contributed by atoms with Crippen molar-refractivity contribution in [2.24, 2.45) is 5.73 Å². The molecule has 0 aliphatic rings. The third-order valence-electron chi connectivity index (χ3n) is 2.85. The normalized spacial score (nSPS) is 10.8. The lowest BCUT2D eigenvalue weighted by Crippen LogP contribution is -2.09. The van der Waals surface area contributed by atoms with E-state index in [-0.39, 0.29) is 0 Å². The number of hydrogen-bond donors (Lipinski definition) is 1. The largest absolute Gasteiger partial charge is 0.431 e. The minimum atomic E-state index is 0.415. The van der Waals surface area contributed by atoms with E-state index in [0.29, 0.717) is 10.2 Å². The molecule has 0 saturated carbocycles. The van der Waals surface area contributed by atoms with Crippen LogP contribution in [0.4, 0.5) is 0 Å². The highest BCUT2D eigenvalue weighted by molar-refractivity contribution is 7.98. The molecule has 3 nitrogen and oxygen atoms in total. The van der Waals surface area contributed by atoms with Crippen LogP contribution in [0.5, 0.6) is 0 Å². The highest BCUT2D eigenvalue weighted by Gasteiger charge is 2.06. The third-order valence-corrected chi connectivity index (χ3v) is 3.98. The standard InChI is InChI=1S/C15H12N2OS2/c16-14(19)11-5-3-4-10(8-11)9-20-15-17-12-6-1-2-7-13(12)18-15/h1-8H,9H2,(H2,16,19). The van der Waals surface area contributed by atoms with Crippen molar-refractivity contribution in [2.45, 2.75) is 11.0 Å². The average Bonchev–Trinajstić information content (AvgIpc) is 2.88. The maximum Gasteiger partial charge on any atom is 0.257 e. The summed E-state index contributed by atoms with van der Waals surface area (Å²) >= 11 is 6.54. The second-order valence-corrected chi connectivity index (χ2v) is 5.67. The molecular weight excluding hydrogens is 288 g/mol. The lowest BCUT2D eigenvalue weighted by Gasteiger charge is -2.02. The Morgan fingerprint density at radius 2 is 2.05 bits per heavy atom. The molecule has 0 saturated heterocycles. The SMILES string of the molecule is NC(=S)c1cccc(CSc2nc3ccccc3o2)c1. The van der Waals surface area contributed by atoms with E-state index in [4.69, 9.17) is 22.4 Å². The van der Waals surface area contributed by atoms with Crippen LogP contribution < -0.4 is 5.73 Å². The van der Waals surface area contributed by atoms with Gasteiger partial charge in [-0.3, -0.25) is 0 Å². The number of oxazole rings is 1. The van der Waals surface area contributed by atoms with Gasteiger partial charge in [-0.1, -0.05) is 54.3 Å². The van der Waals surface area contributed by atoms with Crippen molar-refractivity contribution in [3.63, 3.8) is 0 Å². The smallest absolute Gasteiger partial charge is 0.257 e. The first-order chi connectivity index (χ1) is 9.72. The Balaban J connectivity index is 1.75. The molecule has 2 aromatic carbocycles. The lowest BCUT2D eigenvalue weighted by atomic mass is 10.1. The Morgan fingerprint density at radius 3 is 2.85 bits per heavy atom. The Hall–Kier alpha value is -1.85. The van der Waals surface area contributed by atoms with Crippen molar-refractivity contribution in [3.05, 3.63) is 59.7 Å². The number of thiocarbonyl (C=S) groups is 1. The van der Waals surface area contributed by atoms with Gasteiger partial charge < -0.3 is 10.2 Å². The molecule has 0 bridgehead atoms. The summed E-state index contributed by atoms with van der Waals surface area (Å²) in [5.74, 6) is 0.767. The van der Waals surface area contributed by atoms with Crippen LogP contribution in [0.1, 0.15) is 11.1 Å². The number of para-hydroxylation sites is 2. The molecule has 0 atom stereocenters. The highest BCUT2D eigenvalue weighted by Crippen LogP contribution is 2.26. The molecule has 0 spiro atoms. The van der Waals surface area contributed by atoms with Gasteiger partial charge in [-0.25, -0.2) is 4.98 Å². The molecular formula is C15H12N2OS2. The van der Waals surface area contributed by atoms with Crippen molar-refractivity contribution in [2.75, 3.05) is 0 Å². The van der Waals surface area contributed by atoms with Crippen molar-refractivity contribution in [1.29, 1.82) is 0 Å². The number of thioether (sulfide) groups is 1. The van der Waals surface area contributed by atoms with Gasteiger partial charge in [-0.05, 0) is 23.8 Å². The fourth-order valence-electron chi connectivity index (χ4n) is 1.87. The van der Waals surface area contributed by atoms with Crippen LogP contribution in [-0.2, 0) is 5.75 Å². The molecule has 5 heteroatoms. The minimum absolute atomic E-state index is 0.415. The molecule has 0 aliphatic carbocycles. The van der Waals surface area contributed by atoms with Gasteiger partial charge in [0.1, 0.15) is 10.5 Å². The predicted octanol–water partition coefficient (Wildman–Crippen LogP) is 3.75. The van der Waals surface area contributed by atoms with Crippen molar-refractivity contribution in [1.82, 2.24) is 4.98 Å². The summed E-state index contributed by atoms with van der Waals surface area (Å²) in [5, 5.41) is 0.673. The van der Waals surface area contributed by atoms with Gasteiger partial charge in [0.25, 0.3) is 5.22 Å². The van der Waals surface area contributed by atoms with E-state index in [1.807, 2.05) is 48.5 Å². The predicted molar refractivity (Wildman–Crippen MR) is 85.9 cm³/mol. The highest BCUT2D eigenvalue weighted by atomic mass is 32.2. The summed E-state index contributed by atoms with van der Waals surface area (Å²) in [6, 6.07) is 15.6. The average molecular weight is 300 g/mol. The number of rotatable bonds is 4. The van der Waals surface area contributed by atoms with E-state index in [1.54, 1.807) is 11.8 Å². The number of hydrogen-bond acceptors (Lipinski definition) is 4. The molecule has 0 fully saturated rings. The topological polar surface area (TPSA) is 52.0 Å². The maximum atomic E-state index is 5.67. The molecule has 2 N–H and O–H groups in total. The zero-order chi connectivity index (χ0) is 13.9. The van der Waals surface area contributed by atoms with E-state index in [2.05, 4.69) is 4.98 Å². The van der Waals surface area contributed by atoms with Crippen LogP contribution >= 0.6 is 24.0 Å². The number of nitrogens with zero attached hydrogens (tertiary/aromatic N) is 1. The molecule has 3 aromatic rings. The van der Waals surface area contributed by atoms with E-state index >= 15 is 0 Å². The summed E-state index contributed by atoms with van der Waals surface area (Å²) in [4.78, 5) is 4.85. The van der Waals surface area contributed by atoms with E-state index in [1.165, 1.54) is 0 Å². The Labute approximate surface area is 126 Å². The fourth-order valence-corrected chi connectivity index (χ4v) is 2.78. The van der Waals surface area contributed by atoms with Crippen LogP contribution in [-0.4, -0.2) is 9.97 Å². The van der Waals surface area contributed by atoms with Crippen LogP contribution in [0.2, 0.25) is 0 Å². The van der Waals surface area contributed by atoms with E-state index in [9.17, 15) is 0 Å². The first kappa shape index (κ1) is 13.1. The molecule has 3 rings (SSSR count). The van der Waals surface area contributed by atoms with Crippen molar-refractivity contribution in [3.8, 4) is 0 Å². The monoisotopic (exact) mass is 300 g/mol. The Bertz CT molecular complexity index is 734. The number of benzene rings is 2. The number of fused-ring (bicyclic) bond motifs is 1. The maximum absolute atomic E-state index is 5.67. The van der Waals surface area contributed by atoms with Gasteiger partial charge in [0.2, 0.25) is 0 Å². The van der Waals surface area contributed by atoms with Crippen LogP contribution in [0, 0.1) is 0 Å². The van der Waals surface area contributed by atoms with Gasteiger partial charge >= 0.3 is 0 Å². The second kappa shape index (κ2) is 5.64. The van der Waals surface area contributed by atoms with Crippen molar-refractivity contribution >= 4 is 40.1 Å². The first-order valence-electron chi connectivity index (χ1n) is 6.09. The molecule has 1 heterocycles. The molecule has 1 aromatic heterocycles. The molecule has 0 amide bonds. The minimum Gasteiger partial charge on any atom is -0.431 e. The van der Waals surface area contributed by atoms with Crippen LogP contribution in [0.15, 0.2) is 58.2 Å². The molecule has 0 aliphatic heterocycles. The third kappa shape index (κ3) is 2.84. The second-order valence-electron chi connectivity index (χ2n) is 4.30. The van der Waals surface area contributed by atoms with Gasteiger partial charge in [-0.2, -0.15) is 0 Å². The molecule has 0 unspecified atom stereocenters. The van der Waals surface area contributed by atoms with Crippen LogP contribution in [0.3, 0.4) is 0 Å². The zero-order valence-electron chi connectivity index (χ0n) is 10.6. The zero-order valence-corrected chi connectivity index (χ0v) is 12.2. The molecule has 20 heavy (non-hydrogen) atoms. The summed E-state index contributed by atoms with van der Waals surface area (Å²) in [6.07, 6.45) is 0. The van der Waals surface area contributed by atoms with E-state index < -0.39 is 0 Å². The molecule has 100 valence electrons. The Morgan fingerprint density at radius 1 is 1.20 bits per heavy atom. The first-order valence-corrected chi connectivity index (χ1v) is 7.49. The Kier molecular flexibility index (Phi) is 3.71. The van der Waals surface area contributed by atoms with Gasteiger partial charge in [0.05, 0.1) is 0 Å². The molecule has 0 radical (unpaired) electrons. The fraction of sp³-hybridized carbons (Fsp3) is 0.0667. The quantitative estimate of drug-likeness (QED) is 0.587. The number of nitrogens with two attached hydrogens (primary N) is 1. The van der Waals surface area contributed by atoms with Crippen LogP contribution in [0.25, 0.3) is 11.1 Å². The van der Waals surface area contributed by atoms with Gasteiger partial charge in [-0.15, -0.1) is 0 Å². The number of aromatic nitrogens is 1. The van der Waals surface area contributed by atoms with E-state index in [0.717, 1.165) is 28.0 Å². The summed E-state index contributed by atoms with van der Waals surface area (Å²) in [5.41, 5.74) is 9.35. The van der Waals surface area contributed by atoms with Crippen molar-refractivity contribution < 1.29 is 4.42 Å². The van der Waals surface area contributed by atoms with Gasteiger partial charge in [0, 0.05) is 11.3 Å². The summed E-state index contributed by atoms with van der Waals surface area (Å²) < 4.78 is 5.67. The lowest BCUT2D eigenvalue weighted by molar-refractivity contribution is 0.489. The summed E-state index contributed by atoms with van der Waals surface area (Å²) in [6.45, 7) is 0. The summed E-state index contributed by atoms with van der Waals surface area (Å²) in [7, 11) is 0.